The number of oxime groups is 1. The third-order valence-corrected chi connectivity index (χ3v) is 3.59. The van der Waals surface area contributed by atoms with Crippen LogP contribution in [-0.4, -0.2) is 10.9 Å². The Morgan fingerprint density at radius 2 is 2.13 bits per heavy atom. The molecule has 1 aliphatic rings. The van der Waals surface area contributed by atoms with Gasteiger partial charge in [0.2, 0.25) is 0 Å². The zero-order chi connectivity index (χ0) is 11.5. The van der Waals surface area contributed by atoms with E-state index in [0.717, 1.165) is 18.6 Å². The van der Waals surface area contributed by atoms with Crippen molar-refractivity contribution in [2.75, 3.05) is 0 Å². The fraction of sp³-hybridized carbons (Fsp3) is 0.769. The molecule has 86 valence electrons. The predicted molar refractivity (Wildman–Crippen MR) is 64.5 cm³/mol. The Kier molecular flexibility index (Phi) is 3.95. The van der Waals surface area contributed by atoms with Crippen LogP contribution in [0.3, 0.4) is 0 Å². The number of hydrogen-bond acceptors (Lipinski definition) is 2. The first-order valence-corrected chi connectivity index (χ1v) is 5.84. The fourth-order valence-electron chi connectivity index (χ4n) is 2.58. The van der Waals surface area contributed by atoms with Gasteiger partial charge in [0.1, 0.15) is 0 Å². The van der Waals surface area contributed by atoms with Crippen LogP contribution in [0.2, 0.25) is 0 Å². The maximum atomic E-state index is 8.63. The van der Waals surface area contributed by atoms with Crippen LogP contribution in [0.5, 0.6) is 0 Å². The van der Waals surface area contributed by atoms with Crippen molar-refractivity contribution >= 4 is 5.71 Å². The molecule has 0 saturated carbocycles. The molecule has 1 aliphatic carbocycles. The minimum Gasteiger partial charge on any atom is -0.411 e. The highest BCUT2D eigenvalue weighted by Gasteiger charge is 2.27. The lowest BCUT2D eigenvalue weighted by atomic mass is 9.71. The highest BCUT2D eigenvalue weighted by Crippen LogP contribution is 2.42. The second-order valence-electron chi connectivity index (χ2n) is 5.33. The van der Waals surface area contributed by atoms with Crippen LogP contribution in [0, 0.1) is 5.41 Å². The zero-order valence-electron chi connectivity index (χ0n) is 10.4. The van der Waals surface area contributed by atoms with Gasteiger partial charge in [-0.3, -0.25) is 0 Å². The summed E-state index contributed by atoms with van der Waals surface area (Å²) in [6.07, 6.45) is 5.78. The van der Waals surface area contributed by atoms with Crippen LogP contribution in [0.1, 0.15) is 59.8 Å². The third-order valence-electron chi connectivity index (χ3n) is 3.59. The number of hydrogen-bond donors (Lipinski definition) is 1. The normalized spacial score (nSPS) is 22.0. The second kappa shape index (κ2) is 4.82. The molecule has 0 bridgehead atoms. The molecule has 2 nitrogen and oxygen atoms in total. The molecule has 0 spiro atoms. The number of rotatable bonds is 3. The van der Waals surface area contributed by atoms with Crippen LogP contribution in [-0.2, 0) is 0 Å². The van der Waals surface area contributed by atoms with E-state index in [1.165, 1.54) is 19.3 Å². The van der Waals surface area contributed by atoms with Gasteiger partial charge < -0.3 is 5.21 Å². The molecule has 0 aromatic carbocycles. The van der Waals surface area contributed by atoms with Gasteiger partial charge in [-0.15, -0.1) is 0 Å². The first kappa shape index (κ1) is 12.3. The topological polar surface area (TPSA) is 32.6 Å². The number of nitrogens with zero attached hydrogens (tertiary/aromatic N) is 1. The van der Waals surface area contributed by atoms with Gasteiger partial charge in [-0.05, 0) is 51.4 Å². The summed E-state index contributed by atoms with van der Waals surface area (Å²) >= 11 is 0. The summed E-state index contributed by atoms with van der Waals surface area (Å²) in [6, 6.07) is 0. The summed E-state index contributed by atoms with van der Waals surface area (Å²) < 4.78 is 0. The highest BCUT2D eigenvalue weighted by atomic mass is 16.4. The van der Waals surface area contributed by atoms with Gasteiger partial charge in [0.15, 0.2) is 0 Å². The van der Waals surface area contributed by atoms with Gasteiger partial charge in [-0.25, -0.2) is 0 Å². The lowest BCUT2D eigenvalue weighted by Crippen LogP contribution is -2.20. The van der Waals surface area contributed by atoms with Crippen LogP contribution in [0.4, 0.5) is 0 Å². The Labute approximate surface area is 93.1 Å². The van der Waals surface area contributed by atoms with Crippen LogP contribution >= 0.6 is 0 Å². The molecule has 0 radical (unpaired) electrons. The van der Waals surface area contributed by atoms with Crippen molar-refractivity contribution in [3.63, 3.8) is 0 Å². The van der Waals surface area contributed by atoms with Gasteiger partial charge >= 0.3 is 0 Å². The van der Waals surface area contributed by atoms with Crippen LogP contribution in [0.15, 0.2) is 16.3 Å². The zero-order valence-corrected chi connectivity index (χ0v) is 10.4. The lowest BCUT2D eigenvalue weighted by molar-refractivity contribution is 0.316. The van der Waals surface area contributed by atoms with E-state index in [1.54, 1.807) is 11.1 Å². The first-order valence-electron chi connectivity index (χ1n) is 5.84. The Bertz CT molecular complexity index is 287. The standard InChI is InChI=1S/C13H23NO/c1-10-6-5-9-13(3,4)12(10)8-7-11(2)14-15/h15H,5-9H2,1-4H3/b14-11-. The summed E-state index contributed by atoms with van der Waals surface area (Å²) in [6.45, 7) is 8.79. The molecule has 0 saturated heterocycles. The Morgan fingerprint density at radius 3 is 2.67 bits per heavy atom. The van der Waals surface area contributed by atoms with Crippen molar-refractivity contribution in [3.8, 4) is 0 Å². The van der Waals surface area contributed by atoms with Gasteiger partial charge in [0, 0.05) is 0 Å². The summed E-state index contributed by atoms with van der Waals surface area (Å²) in [5.74, 6) is 0. The molecule has 0 aromatic heterocycles. The molecular weight excluding hydrogens is 186 g/mol. The van der Waals surface area contributed by atoms with Crippen molar-refractivity contribution in [1.29, 1.82) is 0 Å². The lowest BCUT2D eigenvalue weighted by Gasteiger charge is -2.34. The molecule has 1 rings (SSSR count). The van der Waals surface area contributed by atoms with E-state index in [0.29, 0.717) is 5.41 Å². The average molecular weight is 209 g/mol. The highest BCUT2D eigenvalue weighted by molar-refractivity contribution is 5.81. The summed E-state index contributed by atoms with van der Waals surface area (Å²) in [4.78, 5) is 0. The van der Waals surface area contributed by atoms with Crippen molar-refractivity contribution < 1.29 is 5.21 Å². The van der Waals surface area contributed by atoms with Crippen LogP contribution < -0.4 is 0 Å². The molecule has 0 heterocycles. The Hall–Kier alpha value is -0.790. The molecule has 15 heavy (non-hydrogen) atoms. The van der Waals surface area contributed by atoms with E-state index in [2.05, 4.69) is 25.9 Å². The quantitative estimate of drug-likeness (QED) is 0.322. The molecule has 0 amide bonds. The van der Waals surface area contributed by atoms with Gasteiger partial charge in [-0.2, -0.15) is 0 Å². The fourth-order valence-corrected chi connectivity index (χ4v) is 2.58. The smallest absolute Gasteiger partial charge is 0.0543 e. The van der Waals surface area contributed by atoms with Crippen molar-refractivity contribution in [3.05, 3.63) is 11.1 Å². The molecular formula is C13H23NO. The SMILES string of the molecule is CC1=C(CC/C(C)=N\O)C(C)(C)CCC1. The summed E-state index contributed by atoms with van der Waals surface area (Å²) in [7, 11) is 0. The molecule has 0 unspecified atom stereocenters. The molecule has 1 N–H and O–H groups in total. The van der Waals surface area contributed by atoms with E-state index in [4.69, 9.17) is 5.21 Å². The van der Waals surface area contributed by atoms with Crippen molar-refractivity contribution in [2.24, 2.45) is 10.6 Å². The Morgan fingerprint density at radius 1 is 1.47 bits per heavy atom. The van der Waals surface area contributed by atoms with E-state index in [-0.39, 0.29) is 0 Å². The molecule has 0 fully saturated rings. The molecule has 0 aromatic rings. The van der Waals surface area contributed by atoms with Crippen molar-refractivity contribution in [1.82, 2.24) is 0 Å². The molecule has 0 aliphatic heterocycles. The van der Waals surface area contributed by atoms with Gasteiger partial charge in [-0.1, -0.05) is 30.1 Å². The van der Waals surface area contributed by atoms with Crippen LogP contribution in [0.25, 0.3) is 0 Å². The maximum Gasteiger partial charge on any atom is 0.0543 e. The van der Waals surface area contributed by atoms with Crippen molar-refractivity contribution in [2.45, 2.75) is 59.8 Å². The largest absolute Gasteiger partial charge is 0.411 e. The predicted octanol–water partition coefficient (Wildman–Crippen LogP) is 4.14. The van der Waals surface area contributed by atoms with E-state index in [9.17, 15) is 0 Å². The summed E-state index contributed by atoms with van der Waals surface area (Å²) in [5, 5.41) is 11.9. The summed E-state index contributed by atoms with van der Waals surface area (Å²) in [5.41, 5.74) is 4.31. The number of allylic oxidation sites excluding steroid dienone is 2. The second-order valence-corrected chi connectivity index (χ2v) is 5.33. The van der Waals surface area contributed by atoms with E-state index >= 15 is 0 Å². The monoisotopic (exact) mass is 209 g/mol. The Balaban J connectivity index is 2.72. The molecule has 2 heteroatoms. The minimum absolute atomic E-state index is 0.345. The minimum atomic E-state index is 0.345. The maximum absolute atomic E-state index is 8.63. The van der Waals surface area contributed by atoms with E-state index < -0.39 is 0 Å². The molecule has 0 atom stereocenters. The first-order chi connectivity index (χ1) is 6.97. The van der Waals surface area contributed by atoms with Gasteiger partial charge in [0.25, 0.3) is 0 Å². The van der Waals surface area contributed by atoms with E-state index in [1.807, 2.05) is 6.92 Å². The van der Waals surface area contributed by atoms with Gasteiger partial charge in [0.05, 0.1) is 5.71 Å². The average Bonchev–Trinajstić information content (AvgIpc) is 2.15. The third kappa shape index (κ3) is 3.08.